The highest BCUT2D eigenvalue weighted by atomic mass is 79.9. The summed E-state index contributed by atoms with van der Waals surface area (Å²) in [6.45, 7) is 0. The van der Waals surface area contributed by atoms with Crippen LogP contribution in [-0.4, -0.2) is 38.2 Å². The molecule has 1 rings (SSSR count). The molecule has 0 aromatic heterocycles. The van der Waals surface area contributed by atoms with E-state index in [-0.39, 0.29) is 15.1 Å². The Balaban J connectivity index is 3.32. The molecular weight excluding hydrogens is 338 g/mol. The van der Waals surface area contributed by atoms with Crippen LogP contribution >= 0.6 is 15.9 Å². The predicted molar refractivity (Wildman–Crippen MR) is 73.7 cm³/mol. The minimum atomic E-state index is -4.04. The van der Waals surface area contributed by atoms with Gasteiger partial charge in [0.2, 0.25) is 0 Å². The van der Waals surface area contributed by atoms with Crippen LogP contribution < -0.4 is 0 Å². The molecule has 0 spiro atoms. The number of halogens is 1. The average Bonchev–Trinajstić information content (AvgIpc) is 2.28. The molecule has 0 fully saturated rings. The van der Waals surface area contributed by atoms with Gasteiger partial charge in [0.1, 0.15) is 4.90 Å². The number of sulfonamides is 1. The van der Waals surface area contributed by atoms with Crippen LogP contribution in [0.1, 0.15) is 0 Å². The lowest BCUT2D eigenvalue weighted by molar-refractivity contribution is -0.385. The maximum absolute atomic E-state index is 11.9. The van der Waals surface area contributed by atoms with E-state index in [1.165, 1.54) is 18.3 Å². The molecule has 0 radical (unpaired) electrons. The monoisotopic (exact) mass is 347 g/mol. The Hall–Kier alpha value is -1.70. The smallest absolute Gasteiger partial charge is 0.291 e. The molecule has 0 aliphatic carbocycles. The van der Waals surface area contributed by atoms with E-state index in [4.69, 9.17) is 0 Å². The lowest BCUT2D eigenvalue weighted by atomic mass is 10.3. The largest absolute Gasteiger partial charge is 0.376 e. The quantitative estimate of drug-likeness (QED) is 0.470. The highest BCUT2D eigenvalue weighted by molar-refractivity contribution is 9.10. The van der Waals surface area contributed by atoms with E-state index < -0.39 is 14.9 Å². The Morgan fingerprint density at radius 3 is 2.63 bits per heavy atom. The zero-order valence-corrected chi connectivity index (χ0v) is 12.5. The van der Waals surface area contributed by atoms with Gasteiger partial charge in [-0.3, -0.25) is 10.1 Å². The van der Waals surface area contributed by atoms with E-state index in [0.29, 0.717) is 0 Å². The number of nitro groups is 1. The van der Waals surface area contributed by atoms with Crippen molar-refractivity contribution in [3.63, 3.8) is 0 Å². The first-order chi connectivity index (χ1) is 8.74. The second-order valence-corrected chi connectivity index (χ2v) is 6.09. The highest BCUT2D eigenvalue weighted by Crippen LogP contribution is 2.27. The summed E-state index contributed by atoms with van der Waals surface area (Å²) in [5.41, 5.74) is -0.325. The van der Waals surface area contributed by atoms with Crippen LogP contribution in [0.5, 0.6) is 0 Å². The molecule has 0 saturated carbocycles. The number of nitro benzene ring substituents is 1. The fraction of sp³-hybridized carbons (Fsp3) is 0.200. The third-order valence-corrected chi connectivity index (χ3v) is 4.09. The predicted octanol–water partition coefficient (Wildman–Crippen LogP) is 1.79. The molecule has 0 bridgehead atoms. The summed E-state index contributed by atoms with van der Waals surface area (Å²) in [7, 11) is -0.680. The SMILES string of the molecule is CN(C)C=C=NS(=O)(=O)c1cc([N+](=O)[O-])ccc1Br. The van der Waals surface area contributed by atoms with Crippen molar-refractivity contribution in [3.05, 3.63) is 39.0 Å². The van der Waals surface area contributed by atoms with Crippen molar-refractivity contribution in [1.29, 1.82) is 0 Å². The Bertz CT molecular complexity index is 663. The van der Waals surface area contributed by atoms with Crippen LogP contribution in [0.2, 0.25) is 0 Å². The zero-order chi connectivity index (χ0) is 14.6. The van der Waals surface area contributed by atoms with Crippen molar-refractivity contribution in [1.82, 2.24) is 4.90 Å². The van der Waals surface area contributed by atoms with Crippen molar-refractivity contribution < 1.29 is 13.3 Å². The fourth-order valence-corrected chi connectivity index (χ4v) is 2.79. The molecule has 0 aliphatic heterocycles. The Morgan fingerprint density at radius 1 is 1.47 bits per heavy atom. The minimum absolute atomic E-state index is 0.202. The molecular formula is C10H10BrN3O4S. The van der Waals surface area contributed by atoms with Gasteiger partial charge in [0.05, 0.1) is 11.1 Å². The maximum Gasteiger partial charge on any atom is 0.291 e. The van der Waals surface area contributed by atoms with Crippen LogP contribution in [0.3, 0.4) is 0 Å². The van der Waals surface area contributed by atoms with Gasteiger partial charge in [-0.15, -0.1) is 4.40 Å². The molecule has 9 heteroatoms. The van der Waals surface area contributed by atoms with E-state index in [9.17, 15) is 18.5 Å². The summed E-state index contributed by atoms with van der Waals surface area (Å²) < 4.78 is 27.3. The number of non-ortho nitro benzene ring substituents is 1. The molecule has 0 unspecified atom stereocenters. The molecule has 1 aromatic rings. The van der Waals surface area contributed by atoms with E-state index in [2.05, 4.69) is 26.2 Å². The second kappa shape index (κ2) is 5.96. The first-order valence-corrected chi connectivity index (χ1v) is 7.13. The molecule has 19 heavy (non-hydrogen) atoms. The van der Waals surface area contributed by atoms with Gasteiger partial charge in [0, 0.05) is 36.6 Å². The number of rotatable bonds is 4. The van der Waals surface area contributed by atoms with Crippen molar-refractivity contribution in [2.75, 3.05) is 14.1 Å². The van der Waals surface area contributed by atoms with Crippen LogP contribution in [0.15, 0.2) is 38.2 Å². The Morgan fingerprint density at radius 2 is 2.11 bits per heavy atom. The van der Waals surface area contributed by atoms with Gasteiger partial charge >= 0.3 is 0 Å². The van der Waals surface area contributed by atoms with Crippen molar-refractivity contribution >= 4 is 37.5 Å². The van der Waals surface area contributed by atoms with Gasteiger partial charge in [0.15, 0.2) is 0 Å². The summed E-state index contributed by atoms with van der Waals surface area (Å²) in [4.78, 5) is 11.2. The molecule has 0 saturated heterocycles. The van der Waals surface area contributed by atoms with Gasteiger partial charge in [-0.25, -0.2) is 0 Å². The molecule has 7 nitrogen and oxygen atoms in total. The summed E-state index contributed by atoms with van der Waals surface area (Å²) in [5.74, 6) is 2.25. The lowest BCUT2D eigenvalue weighted by Gasteiger charge is -2.01. The zero-order valence-electron chi connectivity index (χ0n) is 10.1. The van der Waals surface area contributed by atoms with E-state index >= 15 is 0 Å². The second-order valence-electron chi connectivity index (χ2n) is 3.66. The Kier molecular flexibility index (Phi) is 4.82. The number of hydrogen-bond acceptors (Lipinski definition) is 5. The summed E-state index contributed by atoms with van der Waals surface area (Å²) in [5, 5.41) is 10.6. The normalized spacial score (nSPS) is 10.5. The van der Waals surface area contributed by atoms with Crippen molar-refractivity contribution in [3.8, 4) is 0 Å². The molecule has 1 aromatic carbocycles. The molecule has 0 atom stereocenters. The maximum atomic E-state index is 11.9. The lowest BCUT2D eigenvalue weighted by Crippen LogP contribution is -2.02. The summed E-state index contributed by atoms with van der Waals surface area (Å²) >= 11 is 3.03. The van der Waals surface area contributed by atoms with Crippen LogP contribution in [0, 0.1) is 10.1 Å². The van der Waals surface area contributed by atoms with Gasteiger partial charge in [-0.2, -0.15) is 8.42 Å². The number of benzene rings is 1. The Labute approximate surface area is 118 Å². The fourth-order valence-electron chi connectivity index (χ4n) is 1.06. The van der Waals surface area contributed by atoms with Crippen molar-refractivity contribution in [2.45, 2.75) is 4.90 Å². The standard InChI is InChI=1S/C10H10BrN3O4S/c1-13(2)6-5-12-19(17,18)10-7-8(14(15)16)3-4-9(10)11/h3-4,6-7H,1-2H3. The van der Waals surface area contributed by atoms with Crippen LogP contribution in [0.4, 0.5) is 5.69 Å². The highest BCUT2D eigenvalue weighted by Gasteiger charge is 2.20. The first-order valence-electron chi connectivity index (χ1n) is 4.90. The molecule has 0 amide bonds. The average molecular weight is 348 g/mol. The molecule has 0 N–H and O–H groups in total. The van der Waals surface area contributed by atoms with Gasteiger partial charge in [0.25, 0.3) is 15.7 Å². The third kappa shape index (κ3) is 4.16. The van der Waals surface area contributed by atoms with Gasteiger partial charge in [-0.1, -0.05) is 0 Å². The third-order valence-electron chi connectivity index (χ3n) is 1.89. The topological polar surface area (TPSA) is 92.9 Å². The molecule has 0 aliphatic rings. The van der Waals surface area contributed by atoms with Crippen molar-refractivity contribution in [2.24, 2.45) is 4.40 Å². The minimum Gasteiger partial charge on any atom is -0.376 e. The summed E-state index contributed by atoms with van der Waals surface area (Å²) in [6, 6.07) is 3.43. The van der Waals surface area contributed by atoms with Crippen LogP contribution in [-0.2, 0) is 10.0 Å². The van der Waals surface area contributed by atoms with Gasteiger partial charge < -0.3 is 4.90 Å². The first kappa shape index (κ1) is 15.4. The van der Waals surface area contributed by atoms with Crippen LogP contribution in [0.25, 0.3) is 0 Å². The number of hydrogen-bond donors (Lipinski definition) is 0. The van der Waals surface area contributed by atoms with E-state index in [1.54, 1.807) is 19.0 Å². The molecule has 0 heterocycles. The summed E-state index contributed by atoms with van der Waals surface area (Å²) in [6.07, 6.45) is 1.32. The van der Waals surface area contributed by atoms with E-state index in [0.717, 1.165) is 6.07 Å². The van der Waals surface area contributed by atoms with Gasteiger partial charge in [-0.05, 0) is 22.0 Å². The molecule has 102 valence electrons. The number of nitrogens with zero attached hydrogens (tertiary/aromatic N) is 3. The van der Waals surface area contributed by atoms with E-state index in [1.807, 2.05) is 0 Å².